The molecule has 120 valence electrons. The molecule has 0 fully saturated rings. The third-order valence-electron chi connectivity index (χ3n) is 0. The molecule has 17 heavy (non-hydrogen) atoms. The van der Waals surface area contributed by atoms with Gasteiger partial charge in [0, 0.05) is 37.2 Å². The van der Waals surface area contributed by atoms with Gasteiger partial charge in [0.2, 0.25) is 0 Å². The molecule has 0 aromatic carbocycles. The lowest BCUT2D eigenvalue weighted by atomic mass is 12.0. The lowest BCUT2D eigenvalue weighted by Crippen LogP contribution is -1.89. The van der Waals surface area contributed by atoms with Crippen LogP contribution < -0.4 is 0 Å². The highest BCUT2D eigenvalue weighted by Crippen LogP contribution is 1.89. The molecule has 0 aromatic heterocycles. The van der Waals surface area contributed by atoms with E-state index in [1.54, 1.807) is 0 Å². The molecule has 0 saturated heterocycles. The van der Waals surface area contributed by atoms with Crippen LogP contribution in [0.4, 0.5) is 0 Å². The second-order valence-electron chi connectivity index (χ2n) is 0.516. The molecule has 0 atom stereocenters. The van der Waals surface area contributed by atoms with Crippen molar-refractivity contribution in [1.29, 1.82) is 0 Å². The topological polar surface area (TPSA) is 172 Å². The van der Waals surface area contributed by atoms with Crippen molar-refractivity contribution in [3.63, 3.8) is 0 Å². The highest BCUT2D eigenvalue weighted by Gasteiger charge is 1.84. The average Bonchev–Trinajstić information content (AvgIpc) is 1.68. The van der Waals surface area contributed by atoms with E-state index in [2.05, 4.69) is 37.2 Å². The Bertz CT molecular complexity index is 171. The van der Waals surface area contributed by atoms with E-state index < -0.39 is 22.0 Å². The van der Waals surface area contributed by atoms with Crippen molar-refractivity contribution in [2.75, 3.05) is 0 Å². The molecular formula is C3H20I4O8S2. The van der Waals surface area contributed by atoms with Gasteiger partial charge in [-0.15, -0.1) is 48.0 Å². The summed E-state index contributed by atoms with van der Waals surface area (Å²) >= 11 is 3.49. The van der Waals surface area contributed by atoms with E-state index >= 15 is 0 Å². The van der Waals surface area contributed by atoms with Gasteiger partial charge in [-0.3, -0.25) is 9.11 Å². The Morgan fingerprint density at radius 3 is 0.824 bits per heavy atom. The van der Waals surface area contributed by atoms with Gasteiger partial charge in [0.15, 0.2) is 0 Å². The standard InChI is InChI=1S/3CH4.I2.2HI.H2O4S.O2S.2H2O/c;;;1-2;;;1-5(2,3)4;1-3-2;;/h3*1H4;;2*1H;(H2,1,2,3,4);;2*1H2. The first-order valence-corrected chi connectivity index (χ1v) is 9.52. The fraction of sp³-hybridized carbons (Fsp3) is 1.00. The Kier molecular flexibility index (Phi) is 272. The normalized spacial score (nSPS) is 4.47. The van der Waals surface area contributed by atoms with Gasteiger partial charge in [-0.1, -0.05) is 22.3 Å². The Balaban J connectivity index is -0.00000000475. The van der Waals surface area contributed by atoms with Crippen LogP contribution in [0.1, 0.15) is 22.3 Å². The van der Waals surface area contributed by atoms with Crippen LogP contribution in [0, 0.1) is 0 Å². The molecule has 0 spiro atoms. The van der Waals surface area contributed by atoms with Crippen molar-refractivity contribution >= 4 is 107 Å². The Hall–Kier alpha value is 2.53. The van der Waals surface area contributed by atoms with Crippen molar-refractivity contribution < 1.29 is 36.9 Å². The molecule has 14 heteroatoms. The summed E-state index contributed by atoms with van der Waals surface area (Å²) in [5, 5.41) is 0. The molecule has 0 rings (SSSR count). The predicted molar refractivity (Wildman–Crippen MR) is 109 cm³/mol. The van der Waals surface area contributed by atoms with Crippen molar-refractivity contribution in [2.45, 2.75) is 22.3 Å². The maximum atomic E-state index is 8.74. The van der Waals surface area contributed by atoms with Gasteiger partial charge >= 0.3 is 22.0 Å². The first-order valence-electron chi connectivity index (χ1n) is 1.17. The van der Waals surface area contributed by atoms with Crippen molar-refractivity contribution in [3.05, 3.63) is 0 Å². The number of hydrogen-bond acceptors (Lipinski definition) is 4. The molecule has 0 aromatic rings. The maximum Gasteiger partial charge on any atom is 0.394 e. The van der Waals surface area contributed by atoms with Crippen LogP contribution in [0.2, 0.25) is 0 Å². The third-order valence-corrected chi connectivity index (χ3v) is 0. The number of halogens is 4. The van der Waals surface area contributed by atoms with E-state index in [0.717, 1.165) is 0 Å². The number of hydrogen-bond donors (Lipinski definition) is 2. The summed E-state index contributed by atoms with van der Waals surface area (Å²) in [6.45, 7) is 0. The van der Waals surface area contributed by atoms with E-state index in [4.69, 9.17) is 25.9 Å². The zero-order chi connectivity index (χ0) is 9.21. The fourth-order valence-electron chi connectivity index (χ4n) is 0. The van der Waals surface area contributed by atoms with Gasteiger partial charge in [-0.25, -0.2) is 0 Å². The fourth-order valence-corrected chi connectivity index (χ4v) is 0. The minimum Gasteiger partial charge on any atom is -0.412 e. The van der Waals surface area contributed by atoms with Gasteiger partial charge in [0.05, 0.1) is 0 Å². The molecule has 0 saturated carbocycles. The molecular weight excluding hydrogens is 736 g/mol. The van der Waals surface area contributed by atoms with Crippen LogP contribution in [0.5, 0.6) is 0 Å². The van der Waals surface area contributed by atoms with E-state index in [1.807, 2.05) is 0 Å². The third kappa shape index (κ3) is 791. The SMILES string of the molecule is C.C.C.I.I.II.O.O.O=S(=O)(O)O.O=S=O. The largest absolute Gasteiger partial charge is 0.412 e. The van der Waals surface area contributed by atoms with E-state index in [-0.39, 0.29) is 81.2 Å². The van der Waals surface area contributed by atoms with E-state index in [9.17, 15) is 0 Å². The lowest BCUT2D eigenvalue weighted by molar-refractivity contribution is 0.381. The molecule has 0 aliphatic heterocycles. The monoisotopic (exact) mass is 756 g/mol. The molecule has 6 N–H and O–H groups in total. The van der Waals surface area contributed by atoms with Crippen LogP contribution in [0.25, 0.3) is 0 Å². The minimum atomic E-state index is -4.67. The zero-order valence-corrected chi connectivity index (χ0v) is 16.5. The van der Waals surface area contributed by atoms with E-state index in [0.29, 0.717) is 0 Å². The smallest absolute Gasteiger partial charge is 0.394 e. The average molecular weight is 756 g/mol. The van der Waals surface area contributed by atoms with Gasteiger partial charge in [-0.2, -0.15) is 16.8 Å². The molecule has 8 nitrogen and oxygen atoms in total. The predicted octanol–water partition coefficient (Wildman–Crippen LogP) is 1.94. The summed E-state index contributed by atoms with van der Waals surface area (Å²) in [5.74, 6) is 0. The Labute approximate surface area is 164 Å². The van der Waals surface area contributed by atoms with Crippen LogP contribution in [-0.2, 0) is 22.0 Å². The molecule has 0 amide bonds. The summed E-state index contributed by atoms with van der Waals surface area (Å²) < 4.78 is 48.2. The van der Waals surface area contributed by atoms with Gasteiger partial charge in [0.25, 0.3) is 0 Å². The summed E-state index contributed by atoms with van der Waals surface area (Å²) in [6, 6.07) is 0. The summed E-state index contributed by atoms with van der Waals surface area (Å²) in [6.07, 6.45) is 0. The molecule has 0 heterocycles. The van der Waals surface area contributed by atoms with E-state index in [1.165, 1.54) is 0 Å². The highest BCUT2D eigenvalue weighted by atomic mass is 128. The van der Waals surface area contributed by atoms with Gasteiger partial charge in [-0.05, 0) is 0 Å². The quantitative estimate of drug-likeness (QED) is 0.283. The number of rotatable bonds is 0. The van der Waals surface area contributed by atoms with Crippen molar-refractivity contribution in [2.24, 2.45) is 0 Å². The first-order chi connectivity index (χ1) is 4.41. The van der Waals surface area contributed by atoms with Crippen LogP contribution >= 0.6 is 85.2 Å². The minimum absolute atomic E-state index is 0. The molecule has 0 unspecified atom stereocenters. The Morgan fingerprint density at radius 1 is 0.824 bits per heavy atom. The molecule has 0 radical (unpaired) electrons. The van der Waals surface area contributed by atoms with Crippen LogP contribution in [-0.4, -0.2) is 36.9 Å². The van der Waals surface area contributed by atoms with Crippen LogP contribution in [0.15, 0.2) is 0 Å². The first kappa shape index (κ1) is 73.8. The molecule has 0 bridgehead atoms. The second-order valence-corrected chi connectivity index (χ2v) is 1.55. The highest BCUT2D eigenvalue weighted by molar-refractivity contribution is 15.0. The summed E-state index contributed by atoms with van der Waals surface area (Å²) in [4.78, 5) is 0. The second kappa shape index (κ2) is 62.7. The molecule has 0 aliphatic rings. The zero-order valence-electron chi connectivity index (χ0n) is 5.92. The van der Waals surface area contributed by atoms with Crippen molar-refractivity contribution in [1.82, 2.24) is 0 Å². The van der Waals surface area contributed by atoms with Crippen LogP contribution in [0.3, 0.4) is 0 Å². The lowest BCUT2D eigenvalue weighted by Gasteiger charge is -1.68. The van der Waals surface area contributed by atoms with Gasteiger partial charge in [0.1, 0.15) is 0 Å². The Morgan fingerprint density at radius 2 is 0.824 bits per heavy atom. The van der Waals surface area contributed by atoms with Crippen molar-refractivity contribution in [3.8, 4) is 0 Å². The van der Waals surface area contributed by atoms with Gasteiger partial charge < -0.3 is 11.0 Å². The maximum absolute atomic E-state index is 8.74. The molecule has 0 aliphatic carbocycles. The summed E-state index contributed by atoms with van der Waals surface area (Å²) in [5.41, 5.74) is 0. The summed E-state index contributed by atoms with van der Waals surface area (Å²) in [7, 11) is -4.67.